The summed E-state index contributed by atoms with van der Waals surface area (Å²) in [4.78, 5) is 25.8. The maximum Gasteiger partial charge on any atom is 0.407 e. The quantitative estimate of drug-likeness (QED) is 0.461. The van der Waals surface area contributed by atoms with Crippen LogP contribution in [0, 0.1) is 0 Å². The molecule has 1 rings (SSSR count). The van der Waals surface area contributed by atoms with E-state index < -0.39 is 0 Å². The average Bonchev–Trinajstić information content (AvgIpc) is 2.46. The number of hydrogen-bond acceptors (Lipinski definition) is 5. The smallest absolute Gasteiger partial charge is 0.407 e. The Balaban J connectivity index is 2.35. The van der Waals surface area contributed by atoms with E-state index in [0.717, 1.165) is 32.4 Å². The molecule has 0 aromatic carbocycles. The highest BCUT2D eigenvalue weighted by Crippen LogP contribution is 2.15. The van der Waals surface area contributed by atoms with Gasteiger partial charge >= 0.3 is 12.1 Å². The molecule has 0 bridgehead atoms. The molecule has 0 aromatic heterocycles. The Morgan fingerprint density at radius 3 is 2.42 bits per heavy atom. The van der Waals surface area contributed by atoms with Gasteiger partial charge in [-0.2, -0.15) is 0 Å². The topological polar surface area (TPSA) is 67.9 Å². The number of nitrogens with one attached hydrogen (secondary N) is 1. The standard InChI is InChI=1S/C18H34N2O4/c1-5-6-7-8-9-16(10-11-17(21)23-14(2)3)24-18(22)19-15-12-20(4)13-15/h14-16H,5-13H2,1-4H3,(H,19,22). The Labute approximate surface area is 146 Å². The minimum atomic E-state index is -0.370. The fraction of sp³-hybridized carbons (Fsp3) is 0.889. The van der Waals surface area contributed by atoms with Gasteiger partial charge in [-0.3, -0.25) is 4.79 Å². The zero-order valence-electron chi connectivity index (χ0n) is 15.7. The van der Waals surface area contributed by atoms with Gasteiger partial charge in [0, 0.05) is 19.5 Å². The zero-order valence-corrected chi connectivity index (χ0v) is 15.7. The summed E-state index contributed by atoms with van der Waals surface area (Å²) in [6.07, 6.45) is 5.40. The van der Waals surface area contributed by atoms with Crippen molar-refractivity contribution in [3.8, 4) is 0 Å². The molecule has 0 saturated carbocycles. The van der Waals surface area contributed by atoms with Gasteiger partial charge in [0.2, 0.25) is 0 Å². The summed E-state index contributed by atoms with van der Waals surface area (Å²) in [5.74, 6) is -0.229. The van der Waals surface area contributed by atoms with Crippen molar-refractivity contribution in [2.24, 2.45) is 0 Å². The van der Waals surface area contributed by atoms with Crippen LogP contribution in [-0.4, -0.2) is 55.3 Å². The number of alkyl carbamates (subject to hydrolysis) is 1. The van der Waals surface area contributed by atoms with Crippen molar-refractivity contribution in [1.29, 1.82) is 0 Å². The molecule has 1 atom stereocenters. The summed E-state index contributed by atoms with van der Waals surface area (Å²) in [6, 6.07) is 0.175. The molecule has 0 spiro atoms. The highest BCUT2D eigenvalue weighted by atomic mass is 16.6. The predicted octanol–water partition coefficient (Wildman–Crippen LogP) is 3.10. The van der Waals surface area contributed by atoms with Crippen LogP contribution in [0.4, 0.5) is 4.79 Å². The van der Waals surface area contributed by atoms with Gasteiger partial charge < -0.3 is 19.7 Å². The van der Waals surface area contributed by atoms with Crippen LogP contribution < -0.4 is 5.32 Å². The van der Waals surface area contributed by atoms with Crippen LogP contribution in [0.2, 0.25) is 0 Å². The maximum absolute atomic E-state index is 12.0. The fourth-order valence-electron chi connectivity index (χ4n) is 2.80. The van der Waals surface area contributed by atoms with Gasteiger partial charge in [-0.1, -0.05) is 26.2 Å². The molecular weight excluding hydrogens is 308 g/mol. The second-order valence-corrected chi connectivity index (χ2v) is 7.02. The monoisotopic (exact) mass is 342 g/mol. The number of hydrogen-bond donors (Lipinski definition) is 1. The number of ether oxygens (including phenoxy) is 2. The molecule has 0 aromatic rings. The van der Waals surface area contributed by atoms with Gasteiger partial charge in [-0.25, -0.2) is 4.79 Å². The van der Waals surface area contributed by atoms with E-state index in [1.54, 1.807) is 0 Å². The van der Waals surface area contributed by atoms with Crippen molar-refractivity contribution in [2.45, 2.75) is 84.0 Å². The van der Waals surface area contributed by atoms with E-state index in [1.807, 2.05) is 20.9 Å². The third kappa shape index (κ3) is 9.11. The third-order valence-electron chi connectivity index (χ3n) is 4.08. The van der Waals surface area contributed by atoms with Crippen LogP contribution in [0.1, 0.15) is 65.7 Å². The van der Waals surface area contributed by atoms with E-state index >= 15 is 0 Å². The van der Waals surface area contributed by atoms with Gasteiger partial charge in [0.15, 0.2) is 0 Å². The third-order valence-corrected chi connectivity index (χ3v) is 4.08. The van der Waals surface area contributed by atoms with Crippen LogP contribution in [0.3, 0.4) is 0 Å². The number of carbonyl (C=O) groups excluding carboxylic acids is 2. The van der Waals surface area contributed by atoms with Crippen LogP contribution in [-0.2, 0) is 14.3 Å². The minimum absolute atomic E-state index is 0.111. The van der Waals surface area contributed by atoms with Crippen LogP contribution in [0.15, 0.2) is 0 Å². The van der Waals surface area contributed by atoms with Crippen molar-refractivity contribution in [1.82, 2.24) is 10.2 Å². The summed E-state index contributed by atoms with van der Waals surface area (Å²) >= 11 is 0. The van der Waals surface area contributed by atoms with E-state index in [2.05, 4.69) is 17.1 Å². The largest absolute Gasteiger partial charge is 0.463 e. The molecule has 1 heterocycles. The number of esters is 1. The van der Waals surface area contributed by atoms with Crippen molar-refractivity contribution >= 4 is 12.1 Å². The van der Waals surface area contributed by atoms with E-state index in [9.17, 15) is 9.59 Å². The second-order valence-electron chi connectivity index (χ2n) is 7.02. The average molecular weight is 342 g/mol. The molecule has 1 aliphatic rings. The number of carbonyl (C=O) groups is 2. The highest BCUT2D eigenvalue weighted by Gasteiger charge is 2.26. The van der Waals surface area contributed by atoms with Crippen LogP contribution >= 0.6 is 0 Å². The highest BCUT2D eigenvalue weighted by molar-refractivity contribution is 5.70. The Hall–Kier alpha value is -1.30. The lowest BCUT2D eigenvalue weighted by Crippen LogP contribution is -2.57. The van der Waals surface area contributed by atoms with Crippen molar-refractivity contribution < 1.29 is 19.1 Å². The normalized spacial score (nSPS) is 16.5. The first-order valence-electron chi connectivity index (χ1n) is 9.25. The molecule has 6 heteroatoms. The Bertz CT molecular complexity index is 381. The molecule has 1 aliphatic heterocycles. The number of unbranched alkanes of at least 4 members (excludes halogenated alkanes) is 3. The lowest BCUT2D eigenvalue weighted by Gasteiger charge is -2.36. The van der Waals surface area contributed by atoms with E-state index in [-0.39, 0.29) is 36.7 Å². The Morgan fingerprint density at radius 1 is 1.12 bits per heavy atom. The summed E-state index contributed by atoms with van der Waals surface area (Å²) < 4.78 is 10.7. The number of likely N-dealkylation sites (N-methyl/N-ethyl adjacent to an activating group) is 1. The molecule has 1 unspecified atom stereocenters. The summed E-state index contributed by atoms with van der Waals surface area (Å²) in [7, 11) is 2.01. The summed E-state index contributed by atoms with van der Waals surface area (Å²) in [6.45, 7) is 7.55. The maximum atomic E-state index is 12.0. The SMILES string of the molecule is CCCCCCC(CCC(=O)OC(C)C)OC(=O)NC1CN(C)C1. The molecule has 140 valence electrons. The first-order valence-corrected chi connectivity index (χ1v) is 9.25. The molecule has 1 amide bonds. The van der Waals surface area contributed by atoms with Gasteiger partial charge in [0.1, 0.15) is 6.10 Å². The zero-order chi connectivity index (χ0) is 17.9. The predicted molar refractivity (Wildman–Crippen MR) is 93.9 cm³/mol. The first-order chi connectivity index (χ1) is 11.4. The van der Waals surface area contributed by atoms with Crippen molar-refractivity contribution in [3.05, 3.63) is 0 Å². The summed E-state index contributed by atoms with van der Waals surface area (Å²) in [5, 5.41) is 2.88. The minimum Gasteiger partial charge on any atom is -0.463 e. The van der Waals surface area contributed by atoms with E-state index in [4.69, 9.17) is 9.47 Å². The lowest BCUT2D eigenvalue weighted by molar-refractivity contribution is -0.148. The number of nitrogens with zero attached hydrogens (tertiary/aromatic N) is 1. The van der Waals surface area contributed by atoms with Gasteiger partial charge in [-0.15, -0.1) is 0 Å². The number of rotatable bonds is 11. The van der Waals surface area contributed by atoms with Crippen molar-refractivity contribution in [2.75, 3.05) is 20.1 Å². The molecule has 6 nitrogen and oxygen atoms in total. The fourth-order valence-corrected chi connectivity index (χ4v) is 2.80. The van der Waals surface area contributed by atoms with Crippen LogP contribution in [0.25, 0.3) is 0 Å². The van der Waals surface area contributed by atoms with Gasteiger partial charge in [0.05, 0.1) is 12.1 Å². The van der Waals surface area contributed by atoms with Crippen molar-refractivity contribution in [3.63, 3.8) is 0 Å². The Morgan fingerprint density at radius 2 is 1.83 bits per heavy atom. The number of likely N-dealkylation sites (tertiary alicyclic amines) is 1. The molecular formula is C18H34N2O4. The second kappa shape index (κ2) is 11.3. The lowest BCUT2D eigenvalue weighted by atomic mass is 10.1. The van der Waals surface area contributed by atoms with E-state index in [1.165, 1.54) is 12.8 Å². The Kier molecular flexibility index (Phi) is 9.76. The molecule has 1 N–H and O–H groups in total. The van der Waals surface area contributed by atoms with Gasteiger partial charge in [0.25, 0.3) is 0 Å². The molecule has 0 radical (unpaired) electrons. The van der Waals surface area contributed by atoms with Crippen LogP contribution in [0.5, 0.6) is 0 Å². The van der Waals surface area contributed by atoms with E-state index in [0.29, 0.717) is 6.42 Å². The number of amides is 1. The first kappa shape index (κ1) is 20.7. The summed E-state index contributed by atoms with van der Waals surface area (Å²) in [5.41, 5.74) is 0. The molecule has 24 heavy (non-hydrogen) atoms. The molecule has 1 fully saturated rings. The molecule has 0 aliphatic carbocycles. The van der Waals surface area contributed by atoms with Gasteiger partial charge in [-0.05, 0) is 40.2 Å². The molecule has 1 saturated heterocycles.